The number of anilines is 2. The van der Waals surface area contributed by atoms with Gasteiger partial charge in [0.25, 0.3) is 0 Å². The Labute approximate surface area is 141 Å². The third-order valence-electron chi connectivity index (χ3n) is 3.55. The Bertz CT molecular complexity index is 734. The molecule has 2 N–H and O–H groups in total. The first kappa shape index (κ1) is 17.4. The van der Waals surface area contributed by atoms with Crippen LogP contribution in [-0.2, 0) is 4.79 Å². The molecule has 124 valence electrons. The van der Waals surface area contributed by atoms with Crippen molar-refractivity contribution in [2.24, 2.45) is 0 Å². The predicted molar refractivity (Wildman–Crippen MR) is 94.6 cm³/mol. The van der Waals surface area contributed by atoms with Crippen molar-refractivity contribution in [1.29, 1.82) is 0 Å². The van der Waals surface area contributed by atoms with Gasteiger partial charge in [0.1, 0.15) is 0 Å². The molecular weight excluding hydrogens is 304 g/mol. The number of Topliss-reactive ketones (excluding diaryl/α,β-unsaturated/α-hetero) is 2. The van der Waals surface area contributed by atoms with Gasteiger partial charge in [-0.2, -0.15) is 0 Å². The van der Waals surface area contributed by atoms with Crippen molar-refractivity contribution < 1.29 is 14.4 Å². The predicted octanol–water partition coefficient (Wildman–Crippen LogP) is 3.53. The van der Waals surface area contributed by atoms with Crippen molar-refractivity contribution >= 4 is 28.8 Å². The fourth-order valence-electron chi connectivity index (χ4n) is 2.15. The molecule has 0 unspecified atom stereocenters. The van der Waals surface area contributed by atoms with Gasteiger partial charge in [-0.1, -0.05) is 0 Å². The van der Waals surface area contributed by atoms with Crippen LogP contribution in [0.25, 0.3) is 0 Å². The summed E-state index contributed by atoms with van der Waals surface area (Å²) in [5.74, 6) is -0.0944. The van der Waals surface area contributed by atoms with Crippen LogP contribution in [0, 0.1) is 0 Å². The maximum absolute atomic E-state index is 11.9. The van der Waals surface area contributed by atoms with E-state index in [4.69, 9.17) is 0 Å². The van der Waals surface area contributed by atoms with Crippen LogP contribution < -0.4 is 10.6 Å². The van der Waals surface area contributed by atoms with Crippen molar-refractivity contribution in [1.82, 2.24) is 0 Å². The Morgan fingerprint density at radius 2 is 1.21 bits per heavy atom. The third kappa shape index (κ3) is 5.05. The highest BCUT2D eigenvalue weighted by Crippen LogP contribution is 2.12. The van der Waals surface area contributed by atoms with E-state index in [1.54, 1.807) is 36.4 Å². The van der Waals surface area contributed by atoms with Crippen LogP contribution in [0.4, 0.5) is 11.4 Å². The smallest absolute Gasteiger partial charge is 0.226 e. The lowest BCUT2D eigenvalue weighted by Crippen LogP contribution is -2.16. The fourth-order valence-corrected chi connectivity index (χ4v) is 2.15. The van der Waals surface area contributed by atoms with E-state index in [-0.39, 0.29) is 17.5 Å². The molecule has 24 heavy (non-hydrogen) atoms. The van der Waals surface area contributed by atoms with Crippen LogP contribution in [0.1, 0.15) is 41.0 Å². The van der Waals surface area contributed by atoms with E-state index >= 15 is 0 Å². The van der Waals surface area contributed by atoms with E-state index < -0.39 is 0 Å². The van der Waals surface area contributed by atoms with Crippen LogP contribution in [0.5, 0.6) is 0 Å². The summed E-state index contributed by atoms with van der Waals surface area (Å²) >= 11 is 0. The van der Waals surface area contributed by atoms with Crippen molar-refractivity contribution in [3.8, 4) is 0 Å². The number of carbonyl (C=O) groups is 3. The molecule has 0 aliphatic carbocycles. The molecule has 1 amide bonds. The summed E-state index contributed by atoms with van der Waals surface area (Å²) in [5.41, 5.74) is 2.80. The summed E-state index contributed by atoms with van der Waals surface area (Å²) in [6, 6.07) is 13.9. The van der Waals surface area contributed by atoms with Gasteiger partial charge < -0.3 is 10.6 Å². The molecule has 0 bridgehead atoms. The average Bonchev–Trinajstić information content (AvgIpc) is 2.55. The first-order valence-corrected chi connectivity index (χ1v) is 7.71. The Kier molecular flexibility index (Phi) is 5.84. The van der Waals surface area contributed by atoms with Crippen LogP contribution in [-0.4, -0.2) is 24.0 Å². The molecule has 0 fully saturated rings. The Morgan fingerprint density at radius 1 is 0.750 bits per heavy atom. The maximum Gasteiger partial charge on any atom is 0.226 e. The number of ketones is 2. The number of hydrogen-bond acceptors (Lipinski definition) is 4. The van der Waals surface area contributed by atoms with Crippen molar-refractivity contribution in [2.75, 3.05) is 17.2 Å². The van der Waals surface area contributed by atoms with Gasteiger partial charge in [0.05, 0.1) is 0 Å². The molecule has 2 aromatic rings. The summed E-state index contributed by atoms with van der Waals surface area (Å²) in [5, 5.41) is 5.92. The van der Waals surface area contributed by atoms with E-state index in [9.17, 15) is 14.4 Å². The van der Waals surface area contributed by atoms with E-state index in [0.29, 0.717) is 29.8 Å². The monoisotopic (exact) mass is 324 g/mol. The molecule has 5 nitrogen and oxygen atoms in total. The molecule has 0 aliphatic heterocycles. The molecule has 2 aromatic carbocycles. The molecule has 0 atom stereocenters. The van der Waals surface area contributed by atoms with E-state index in [2.05, 4.69) is 10.6 Å². The SMILES string of the molecule is CC(=O)c1ccc(NCCC(=O)Nc2ccc(C(C)=O)cc2)cc1. The second-order valence-corrected chi connectivity index (χ2v) is 5.49. The van der Waals surface area contributed by atoms with Crippen molar-refractivity contribution in [3.05, 3.63) is 59.7 Å². The van der Waals surface area contributed by atoms with Crippen molar-refractivity contribution in [3.63, 3.8) is 0 Å². The Balaban J connectivity index is 1.78. The minimum absolute atomic E-state index is 0.00660. The Morgan fingerprint density at radius 3 is 1.67 bits per heavy atom. The van der Waals surface area contributed by atoms with Gasteiger partial charge in [0.2, 0.25) is 5.91 Å². The van der Waals surface area contributed by atoms with E-state index in [1.165, 1.54) is 13.8 Å². The molecular formula is C19H20N2O3. The van der Waals surface area contributed by atoms with E-state index in [1.807, 2.05) is 12.1 Å². The molecule has 2 rings (SSSR count). The minimum Gasteiger partial charge on any atom is -0.385 e. The zero-order valence-electron chi connectivity index (χ0n) is 13.8. The quantitative estimate of drug-likeness (QED) is 0.764. The van der Waals surface area contributed by atoms with Crippen LogP contribution in [0.2, 0.25) is 0 Å². The lowest BCUT2D eigenvalue weighted by Gasteiger charge is -2.08. The van der Waals surface area contributed by atoms with Gasteiger partial charge in [0.15, 0.2) is 11.6 Å². The second-order valence-electron chi connectivity index (χ2n) is 5.49. The normalized spacial score (nSPS) is 10.1. The van der Waals surface area contributed by atoms with Gasteiger partial charge in [-0.25, -0.2) is 0 Å². The van der Waals surface area contributed by atoms with Crippen LogP contribution in [0.15, 0.2) is 48.5 Å². The number of nitrogens with one attached hydrogen (secondary N) is 2. The standard InChI is InChI=1S/C19H20N2O3/c1-13(22)15-3-7-17(8-4-15)20-12-11-19(24)21-18-9-5-16(6-10-18)14(2)23/h3-10,20H,11-12H2,1-2H3,(H,21,24). The molecule has 0 spiro atoms. The zero-order chi connectivity index (χ0) is 17.5. The highest BCUT2D eigenvalue weighted by molar-refractivity contribution is 5.96. The largest absolute Gasteiger partial charge is 0.385 e. The first-order valence-electron chi connectivity index (χ1n) is 7.71. The average molecular weight is 324 g/mol. The molecule has 0 saturated carbocycles. The van der Waals surface area contributed by atoms with Gasteiger partial charge >= 0.3 is 0 Å². The summed E-state index contributed by atoms with van der Waals surface area (Å²) < 4.78 is 0. The zero-order valence-corrected chi connectivity index (χ0v) is 13.8. The molecule has 0 saturated heterocycles. The summed E-state index contributed by atoms with van der Waals surface area (Å²) in [4.78, 5) is 34.3. The highest BCUT2D eigenvalue weighted by Gasteiger charge is 2.04. The van der Waals surface area contributed by atoms with Crippen LogP contribution >= 0.6 is 0 Å². The number of amides is 1. The lowest BCUT2D eigenvalue weighted by atomic mass is 10.1. The molecule has 0 aliphatic rings. The Hall–Kier alpha value is -2.95. The topological polar surface area (TPSA) is 75.3 Å². The van der Waals surface area contributed by atoms with Gasteiger partial charge in [-0.3, -0.25) is 14.4 Å². The van der Waals surface area contributed by atoms with Gasteiger partial charge in [-0.15, -0.1) is 0 Å². The number of benzene rings is 2. The van der Waals surface area contributed by atoms with Gasteiger partial charge in [-0.05, 0) is 62.4 Å². The molecule has 5 heteroatoms. The molecule has 0 heterocycles. The first-order chi connectivity index (χ1) is 11.5. The highest BCUT2D eigenvalue weighted by atomic mass is 16.1. The second kappa shape index (κ2) is 8.06. The summed E-state index contributed by atoms with van der Waals surface area (Å²) in [7, 11) is 0. The van der Waals surface area contributed by atoms with Crippen LogP contribution in [0.3, 0.4) is 0 Å². The number of rotatable bonds is 7. The van der Waals surface area contributed by atoms with Crippen molar-refractivity contribution in [2.45, 2.75) is 20.3 Å². The maximum atomic E-state index is 11.9. The van der Waals surface area contributed by atoms with E-state index in [0.717, 1.165) is 5.69 Å². The summed E-state index contributed by atoms with van der Waals surface area (Å²) in [6.07, 6.45) is 0.308. The lowest BCUT2D eigenvalue weighted by molar-refractivity contribution is -0.115. The third-order valence-corrected chi connectivity index (χ3v) is 3.55. The van der Waals surface area contributed by atoms with Gasteiger partial charge in [0, 0.05) is 35.5 Å². The summed E-state index contributed by atoms with van der Waals surface area (Å²) in [6.45, 7) is 3.51. The number of carbonyl (C=O) groups excluding carboxylic acids is 3. The molecule has 0 aromatic heterocycles. The number of hydrogen-bond donors (Lipinski definition) is 2. The molecule has 0 radical (unpaired) electrons. The minimum atomic E-state index is -0.113. The fraction of sp³-hybridized carbons (Fsp3) is 0.211.